The third-order valence-corrected chi connectivity index (χ3v) is 1.59. The topological polar surface area (TPSA) is 81.6 Å². The van der Waals surface area contributed by atoms with Crippen LogP contribution in [-0.2, 0) is 11.3 Å². The molecule has 13 heavy (non-hydrogen) atoms. The Balaban J connectivity index is 2.36. The zero-order valence-corrected chi connectivity index (χ0v) is 7.24. The lowest BCUT2D eigenvalue weighted by molar-refractivity contribution is -0.123. The van der Waals surface area contributed by atoms with Gasteiger partial charge in [-0.2, -0.15) is 5.26 Å². The van der Waals surface area contributed by atoms with E-state index in [1.807, 2.05) is 6.07 Å². The van der Waals surface area contributed by atoms with Crippen molar-refractivity contribution in [3.8, 4) is 6.07 Å². The van der Waals surface area contributed by atoms with E-state index in [9.17, 15) is 4.79 Å². The highest BCUT2D eigenvalue weighted by Gasteiger charge is 2.10. The van der Waals surface area contributed by atoms with Crippen LogP contribution in [0.15, 0.2) is 12.5 Å². The Bertz CT molecular complexity index is 311. The Labute approximate surface area is 75.8 Å². The highest BCUT2D eigenvalue weighted by molar-refractivity contribution is 5.80. The fourth-order valence-corrected chi connectivity index (χ4v) is 0.775. The monoisotopic (exact) mass is 178 g/mol. The van der Waals surface area contributed by atoms with E-state index >= 15 is 0 Å². The van der Waals surface area contributed by atoms with Crippen molar-refractivity contribution in [1.82, 2.24) is 15.3 Å². The van der Waals surface area contributed by atoms with Crippen LogP contribution >= 0.6 is 0 Å². The molecule has 68 valence electrons. The lowest BCUT2D eigenvalue weighted by Gasteiger charge is -2.03. The van der Waals surface area contributed by atoms with Gasteiger partial charge in [-0.25, -0.2) is 4.98 Å². The van der Waals surface area contributed by atoms with Crippen molar-refractivity contribution >= 4 is 5.91 Å². The largest absolute Gasteiger partial charge is 0.349 e. The summed E-state index contributed by atoms with van der Waals surface area (Å²) in [4.78, 5) is 17.7. The SMILES string of the molecule is CC(C#N)C(=O)NCc1cnc[nH]1. The number of H-pyrrole nitrogens is 1. The maximum Gasteiger partial charge on any atom is 0.237 e. The van der Waals surface area contributed by atoms with Crippen molar-refractivity contribution in [2.45, 2.75) is 13.5 Å². The Morgan fingerprint density at radius 1 is 1.92 bits per heavy atom. The predicted molar refractivity (Wildman–Crippen MR) is 45.2 cm³/mol. The number of nitriles is 1. The molecule has 0 aromatic carbocycles. The summed E-state index contributed by atoms with van der Waals surface area (Å²) in [5.74, 6) is -0.875. The van der Waals surface area contributed by atoms with Gasteiger partial charge in [-0.1, -0.05) is 0 Å². The van der Waals surface area contributed by atoms with E-state index in [0.717, 1.165) is 5.69 Å². The first-order valence-corrected chi connectivity index (χ1v) is 3.88. The quantitative estimate of drug-likeness (QED) is 0.693. The molecule has 1 rings (SSSR count). The Morgan fingerprint density at radius 2 is 2.69 bits per heavy atom. The van der Waals surface area contributed by atoms with E-state index in [1.54, 1.807) is 13.1 Å². The third kappa shape index (κ3) is 2.60. The maximum absolute atomic E-state index is 11.1. The van der Waals surface area contributed by atoms with Gasteiger partial charge in [0.1, 0.15) is 5.92 Å². The Kier molecular flexibility index (Phi) is 3.03. The molecule has 1 unspecified atom stereocenters. The number of rotatable bonds is 3. The molecule has 1 aromatic rings. The highest BCUT2D eigenvalue weighted by atomic mass is 16.1. The van der Waals surface area contributed by atoms with Gasteiger partial charge in [-0.3, -0.25) is 4.79 Å². The summed E-state index contributed by atoms with van der Waals surface area (Å²) in [6.45, 7) is 1.94. The normalized spacial score (nSPS) is 11.7. The van der Waals surface area contributed by atoms with Gasteiger partial charge in [-0.15, -0.1) is 0 Å². The second-order valence-electron chi connectivity index (χ2n) is 2.65. The summed E-state index contributed by atoms with van der Waals surface area (Å²) in [6, 6.07) is 1.86. The molecule has 5 heteroatoms. The number of hydrogen-bond acceptors (Lipinski definition) is 3. The number of nitrogens with zero attached hydrogens (tertiary/aromatic N) is 2. The van der Waals surface area contributed by atoms with E-state index in [-0.39, 0.29) is 5.91 Å². The molecule has 0 radical (unpaired) electrons. The van der Waals surface area contributed by atoms with Crippen LogP contribution in [0.25, 0.3) is 0 Å². The molecule has 0 bridgehead atoms. The second-order valence-corrected chi connectivity index (χ2v) is 2.65. The summed E-state index contributed by atoms with van der Waals surface area (Å²) in [7, 11) is 0. The molecule has 2 N–H and O–H groups in total. The van der Waals surface area contributed by atoms with Crippen molar-refractivity contribution < 1.29 is 4.79 Å². The van der Waals surface area contributed by atoms with Crippen molar-refractivity contribution in [3.05, 3.63) is 18.2 Å². The van der Waals surface area contributed by atoms with Crippen LogP contribution in [0.3, 0.4) is 0 Å². The van der Waals surface area contributed by atoms with E-state index in [2.05, 4.69) is 15.3 Å². The molecule has 0 spiro atoms. The molecule has 1 aromatic heterocycles. The van der Waals surface area contributed by atoms with Crippen LogP contribution < -0.4 is 5.32 Å². The first kappa shape index (κ1) is 9.26. The number of imidazole rings is 1. The molecule has 1 heterocycles. The standard InChI is InChI=1S/C8H10N4O/c1-6(2-9)8(13)11-4-7-3-10-5-12-7/h3,5-6H,4H2,1H3,(H,10,12)(H,11,13). The van der Waals surface area contributed by atoms with Crippen LogP contribution in [0.1, 0.15) is 12.6 Å². The zero-order valence-electron chi connectivity index (χ0n) is 7.24. The van der Waals surface area contributed by atoms with Crippen molar-refractivity contribution in [2.24, 2.45) is 5.92 Å². The number of hydrogen-bond donors (Lipinski definition) is 2. The second kappa shape index (κ2) is 4.26. The predicted octanol–water partition coefficient (Wildman–Crippen LogP) is 0.186. The summed E-state index contributed by atoms with van der Waals surface area (Å²) in [5, 5.41) is 11.0. The van der Waals surface area contributed by atoms with Crippen LogP contribution in [0.5, 0.6) is 0 Å². The average molecular weight is 178 g/mol. The summed E-state index contributed by atoms with van der Waals surface area (Å²) >= 11 is 0. The lowest BCUT2D eigenvalue weighted by atomic mass is 10.2. The van der Waals surface area contributed by atoms with Crippen molar-refractivity contribution in [2.75, 3.05) is 0 Å². The van der Waals surface area contributed by atoms with Crippen molar-refractivity contribution in [1.29, 1.82) is 5.26 Å². The molecule has 0 aliphatic heterocycles. The molecular formula is C8H10N4O. The summed E-state index contributed by atoms with van der Waals surface area (Å²) in [5.41, 5.74) is 0.818. The fraction of sp³-hybridized carbons (Fsp3) is 0.375. The van der Waals surface area contributed by atoms with Gasteiger partial charge in [0, 0.05) is 6.20 Å². The Hall–Kier alpha value is -1.83. The molecule has 5 nitrogen and oxygen atoms in total. The molecular weight excluding hydrogens is 168 g/mol. The van der Waals surface area contributed by atoms with Crippen molar-refractivity contribution in [3.63, 3.8) is 0 Å². The fourth-order valence-electron chi connectivity index (χ4n) is 0.775. The van der Waals surface area contributed by atoms with Crippen LogP contribution in [-0.4, -0.2) is 15.9 Å². The molecule has 0 saturated carbocycles. The van der Waals surface area contributed by atoms with E-state index in [1.165, 1.54) is 6.33 Å². The number of nitrogens with one attached hydrogen (secondary N) is 2. The first-order chi connectivity index (χ1) is 6.24. The van der Waals surface area contributed by atoms with Crippen LogP contribution in [0, 0.1) is 17.2 Å². The van der Waals surface area contributed by atoms with E-state index in [4.69, 9.17) is 5.26 Å². The van der Waals surface area contributed by atoms with Gasteiger partial charge < -0.3 is 10.3 Å². The van der Waals surface area contributed by atoms with Gasteiger partial charge in [0.2, 0.25) is 5.91 Å². The summed E-state index contributed by atoms with van der Waals surface area (Å²) in [6.07, 6.45) is 3.16. The lowest BCUT2D eigenvalue weighted by Crippen LogP contribution is -2.27. The molecule has 1 atom stereocenters. The number of amides is 1. The number of aromatic amines is 1. The number of carbonyl (C=O) groups excluding carboxylic acids is 1. The zero-order chi connectivity index (χ0) is 9.68. The van der Waals surface area contributed by atoms with Crippen LogP contribution in [0.4, 0.5) is 0 Å². The minimum atomic E-state index is -0.608. The smallest absolute Gasteiger partial charge is 0.237 e. The highest BCUT2D eigenvalue weighted by Crippen LogP contribution is 1.94. The summed E-state index contributed by atoms with van der Waals surface area (Å²) < 4.78 is 0. The molecule has 0 aliphatic carbocycles. The molecule has 1 amide bonds. The third-order valence-electron chi connectivity index (χ3n) is 1.59. The van der Waals surface area contributed by atoms with Gasteiger partial charge in [0.05, 0.1) is 24.6 Å². The van der Waals surface area contributed by atoms with Gasteiger partial charge >= 0.3 is 0 Å². The average Bonchev–Trinajstić information content (AvgIpc) is 2.65. The number of aromatic nitrogens is 2. The number of carbonyl (C=O) groups is 1. The van der Waals surface area contributed by atoms with E-state index in [0.29, 0.717) is 6.54 Å². The minimum Gasteiger partial charge on any atom is -0.349 e. The van der Waals surface area contributed by atoms with E-state index < -0.39 is 5.92 Å². The van der Waals surface area contributed by atoms with Gasteiger partial charge in [0.25, 0.3) is 0 Å². The van der Waals surface area contributed by atoms with Gasteiger partial charge in [0.15, 0.2) is 0 Å². The minimum absolute atomic E-state index is 0.267. The van der Waals surface area contributed by atoms with Gasteiger partial charge in [-0.05, 0) is 6.92 Å². The first-order valence-electron chi connectivity index (χ1n) is 3.88. The maximum atomic E-state index is 11.1. The molecule has 0 saturated heterocycles. The molecule has 0 fully saturated rings. The molecule has 0 aliphatic rings. The van der Waals surface area contributed by atoms with Crippen LogP contribution in [0.2, 0.25) is 0 Å². The Morgan fingerprint density at radius 3 is 3.23 bits per heavy atom.